The maximum atomic E-state index is 13.8. The lowest BCUT2D eigenvalue weighted by atomic mass is 9.99. The van der Waals surface area contributed by atoms with Gasteiger partial charge >= 0.3 is 0 Å². The standard InChI is InChI=1S/C14H20ClFN2O/c1-17-6-7-18(2)12(9-17)13(19)8-10-4-3-5-11(15)14(10)16/h3-5,12-13,19H,6-9H2,1-2H3. The molecule has 0 spiro atoms. The second-order valence-corrected chi connectivity index (χ2v) is 5.70. The van der Waals surface area contributed by atoms with E-state index in [4.69, 9.17) is 11.6 Å². The Balaban J connectivity index is 2.07. The highest BCUT2D eigenvalue weighted by Crippen LogP contribution is 2.21. The predicted octanol–water partition coefficient (Wildman–Crippen LogP) is 1.63. The highest BCUT2D eigenvalue weighted by atomic mass is 35.5. The molecule has 1 N–H and O–H groups in total. The Kier molecular flexibility index (Phi) is 4.79. The van der Waals surface area contributed by atoms with Crippen LogP contribution in [0.15, 0.2) is 18.2 Å². The second kappa shape index (κ2) is 6.18. The molecule has 1 aliphatic heterocycles. The van der Waals surface area contributed by atoms with Crippen LogP contribution in [0.2, 0.25) is 5.02 Å². The molecule has 2 atom stereocenters. The molecule has 1 aromatic rings. The minimum Gasteiger partial charge on any atom is -0.391 e. The van der Waals surface area contributed by atoms with Gasteiger partial charge in [0.05, 0.1) is 11.1 Å². The lowest BCUT2D eigenvalue weighted by Gasteiger charge is -2.40. The van der Waals surface area contributed by atoms with Crippen molar-refractivity contribution in [1.29, 1.82) is 0 Å². The highest BCUT2D eigenvalue weighted by Gasteiger charge is 2.29. The van der Waals surface area contributed by atoms with Gasteiger partial charge in [-0.05, 0) is 25.7 Å². The number of benzene rings is 1. The van der Waals surface area contributed by atoms with Gasteiger partial charge in [0.25, 0.3) is 0 Å². The van der Waals surface area contributed by atoms with Crippen LogP contribution < -0.4 is 0 Å². The van der Waals surface area contributed by atoms with Crippen molar-refractivity contribution in [2.75, 3.05) is 33.7 Å². The van der Waals surface area contributed by atoms with Crippen molar-refractivity contribution in [2.45, 2.75) is 18.6 Å². The van der Waals surface area contributed by atoms with E-state index in [-0.39, 0.29) is 17.5 Å². The van der Waals surface area contributed by atoms with E-state index in [9.17, 15) is 9.50 Å². The van der Waals surface area contributed by atoms with E-state index in [1.165, 1.54) is 6.07 Å². The molecule has 1 saturated heterocycles. The molecule has 0 amide bonds. The van der Waals surface area contributed by atoms with Crippen LogP contribution >= 0.6 is 11.6 Å². The molecule has 1 aliphatic rings. The number of likely N-dealkylation sites (N-methyl/N-ethyl adjacent to an activating group) is 2. The summed E-state index contributed by atoms with van der Waals surface area (Å²) in [5, 5.41) is 10.5. The number of rotatable bonds is 3. The molecule has 1 fully saturated rings. The average molecular weight is 287 g/mol. The van der Waals surface area contributed by atoms with Crippen LogP contribution in [0.4, 0.5) is 4.39 Å². The summed E-state index contributed by atoms with van der Waals surface area (Å²) in [5.41, 5.74) is 0.474. The predicted molar refractivity (Wildman–Crippen MR) is 75.0 cm³/mol. The van der Waals surface area contributed by atoms with Crippen molar-refractivity contribution >= 4 is 11.6 Å². The number of aliphatic hydroxyl groups is 1. The minimum absolute atomic E-state index is 0.0251. The van der Waals surface area contributed by atoms with Gasteiger partial charge in [-0.25, -0.2) is 4.39 Å². The fourth-order valence-corrected chi connectivity index (χ4v) is 2.72. The maximum Gasteiger partial charge on any atom is 0.145 e. The molecule has 1 aromatic carbocycles. The van der Waals surface area contributed by atoms with Gasteiger partial charge in [0, 0.05) is 32.1 Å². The number of nitrogens with zero attached hydrogens (tertiary/aromatic N) is 2. The van der Waals surface area contributed by atoms with Crippen LogP contribution in [-0.4, -0.2) is 60.8 Å². The zero-order valence-corrected chi connectivity index (χ0v) is 12.1. The van der Waals surface area contributed by atoms with Crippen LogP contribution in [0, 0.1) is 5.82 Å². The molecule has 5 heteroatoms. The number of hydrogen-bond donors (Lipinski definition) is 1. The summed E-state index contributed by atoms with van der Waals surface area (Å²) in [6.45, 7) is 2.70. The summed E-state index contributed by atoms with van der Waals surface area (Å²) < 4.78 is 13.8. The second-order valence-electron chi connectivity index (χ2n) is 5.29. The van der Waals surface area contributed by atoms with E-state index in [0.717, 1.165) is 19.6 Å². The summed E-state index contributed by atoms with van der Waals surface area (Å²) in [6.07, 6.45) is -0.310. The first-order chi connectivity index (χ1) is 8.99. The summed E-state index contributed by atoms with van der Waals surface area (Å²) in [5.74, 6) is -0.421. The van der Waals surface area contributed by atoms with E-state index in [1.807, 2.05) is 14.1 Å². The van der Waals surface area contributed by atoms with Gasteiger partial charge < -0.3 is 10.0 Å². The first kappa shape index (κ1) is 14.7. The molecule has 2 unspecified atom stereocenters. The number of halogens is 2. The van der Waals surface area contributed by atoms with E-state index < -0.39 is 11.9 Å². The fourth-order valence-electron chi connectivity index (χ4n) is 2.53. The molecular formula is C14H20ClFN2O. The minimum atomic E-state index is -0.597. The fraction of sp³-hybridized carbons (Fsp3) is 0.571. The van der Waals surface area contributed by atoms with Crippen LogP contribution in [0.25, 0.3) is 0 Å². The average Bonchev–Trinajstić information content (AvgIpc) is 2.38. The zero-order chi connectivity index (χ0) is 14.0. The molecule has 0 bridgehead atoms. The van der Waals surface area contributed by atoms with E-state index in [0.29, 0.717) is 5.56 Å². The molecule has 1 heterocycles. The third kappa shape index (κ3) is 3.45. The normalized spacial score (nSPS) is 23.5. The van der Waals surface area contributed by atoms with Gasteiger partial charge in [0.15, 0.2) is 0 Å². The molecule has 19 heavy (non-hydrogen) atoms. The molecule has 106 valence electrons. The highest BCUT2D eigenvalue weighted by molar-refractivity contribution is 6.30. The molecule has 0 radical (unpaired) electrons. The third-order valence-corrected chi connectivity index (χ3v) is 4.10. The summed E-state index contributed by atoms with van der Waals surface area (Å²) in [6, 6.07) is 4.94. The first-order valence-electron chi connectivity index (χ1n) is 6.48. The van der Waals surface area contributed by atoms with Crippen LogP contribution in [-0.2, 0) is 6.42 Å². The summed E-state index contributed by atoms with van der Waals surface area (Å²) >= 11 is 5.76. The summed E-state index contributed by atoms with van der Waals surface area (Å²) in [7, 11) is 4.03. The van der Waals surface area contributed by atoms with Crippen molar-refractivity contribution < 1.29 is 9.50 Å². The van der Waals surface area contributed by atoms with Gasteiger partial charge in [-0.3, -0.25) is 4.90 Å². The van der Waals surface area contributed by atoms with Crippen molar-refractivity contribution in [1.82, 2.24) is 9.80 Å². The quantitative estimate of drug-likeness (QED) is 0.915. The van der Waals surface area contributed by atoms with Crippen molar-refractivity contribution in [3.8, 4) is 0 Å². The van der Waals surface area contributed by atoms with Crippen LogP contribution in [0.5, 0.6) is 0 Å². The first-order valence-corrected chi connectivity index (χ1v) is 6.86. The summed E-state index contributed by atoms with van der Waals surface area (Å²) in [4.78, 5) is 4.31. The van der Waals surface area contributed by atoms with Gasteiger partial charge in [-0.1, -0.05) is 23.7 Å². The van der Waals surface area contributed by atoms with Crippen LogP contribution in [0.1, 0.15) is 5.56 Å². The number of aliphatic hydroxyl groups excluding tert-OH is 1. The maximum absolute atomic E-state index is 13.8. The Hall–Kier alpha value is -0.680. The molecule has 2 rings (SSSR count). The lowest BCUT2D eigenvalue weighted by Crippen LogP contribution is -2.55. The largest absolute Gasteiger partial charge is 0.391 e. The molecule has 0 aromatic heterocycles. The molecule has 3 nitrogen and oxygen atoms in total. The van der Waals surface area contributed by atoms with Gasteiger partial charge in [0.2, 0.25) is 0 Å². The Morgan fingerprint density at radius 2 is 2.16 bits per heavy atom. The van der Waals surface area contributed by atoms with Gasteiger partial charge in [-0.15, -0.1) is 0 Å². The van der Waals surface area contributed by atoms with Gasteiger partial charge in [0.1, 0.15) is 5.82 Å². The van der Waals surface area contributed by atoms with E-state index in [2.05, 4.69) is 9.80 Å². The van der Waals surface area contributed by atoms with Gasteiger partial charge in [-0.2, -0.15) is 0 Å². The Labute approximate surface area is 118 Å². The van der Waals surface area contributed by atoms with Crippen molar-refractivity contribution in [3.05, 3.63) is 34.6 Å². The Morgan fingerprint density at radius 3 is 2.89 bits per heavy atom. The SMILES string of the molecule is CN1CCN(C)C(C(O)Cc2cccc(Cl)c2F)C1. The molecule has 0 aliphatic carbocycles. The smallest absolute Gasteiger partial charge is 0.145 e. The van der Waals surface area contributed by atoms with Crippen molar-refractivity contribution in [3.63, 3.8) is 0 Å². The van der Waals surface area contributed by atoms with Crippen LogP contribution in [0.3, 0.4) is 0 Å². The number of piperazine rings is 1. The number of hydrogen-bond acceptors (Lipinski definition) is 3. The molecule has 0 saturated carbocycles. The van der Waals surface area contributed by atoms with E-state index >= 15 is 0 Å². The topological polar surface area (TPSA) is 26.7 Å². The van der Waals surface area contributed by atoms with E-state index in [1.54, 1.807) is 12.1 Å². The Morgan fingerprint density at radius 1 is 1.42 bits per heavy atom. The Bertz CT molecular complexity index is 443. The van der Waals surface area contributed by atoms with Crippen molar-refractivity contribution in [2.24, 2.45) is 0 Å². The third-order valence-electron chi connectivity index (χ3n) is 3.80. The zero-order valence-electron chi connectivity index (χ0n) is 11.3. The monoisotopic (exact) mass is 286 g/mol. The molecular weight excluding hydrogens is 267 g/mol. The lowest BCUT2D eigenvalue weighted by molar-refractivity contribution is 0.0149.